The Labute approximate surface area is 200 Å². The molecule has 0 bridgehead atoms. The van der Waals surface area contributed by atoms with Gasteiger partial charge in [0.15, 0.2) is 10.8 Å². The third-order valence-corrected chi connectivity index (χ3v) is 6.17. The molecule has 0 radical (unpaired) electrons. The normalized spacial score (nSPS) is 11.0. The Morgan fingerprint density at radius 2 is 2.06 bits per heavy atom. The largest absolute Gasteiger partial charge is 0.383 e. The Kier molecular flexibility index (Phi) is 8.40. The molecular weight excluding hydrogens is 464 g/mol. The second kappa shape index (κ2) is 11.2. The van der Waals surface area contributed by atoms with E-state index in [9.17, 15) is 14.4 Å². The van der Waals surface area contributed by atoms with Gasteiger partial charge in [-0.1, -0.05) is 49.7 Å². The molecule has 0 saturated heterocycles. The van der Waals surface area contributed by atoms with Gasteiger partial charge in [-0.2, -0.15) is 0 Å². The van der Waals surface area contributed by atoms with Crippen LogP contribution in [0.1, 0.15) is 33.1 Å². The predicted molar refractivity (Wildman–Crippen MR) is 133 cm³/mol. The van der Waals surface area contributed by atoms with E-state index >= 15 is 0 Å². The molecule has 0 fully saturated rings. The number of nitrogens with one attached hydrogen (secondary N) is 1. The smallest absolute Gasteiger partial charge is 0.330 e. The van der Waals surface area contributed by atoms with Gasteiger partial charge in [0.1, 0.15) is 5.82 Å². The number of halogens is 1. The van der Waals surface area contributed by atoms with Gasteiger partial charge in [-0.25, -0.2) is 9.78 Å². The number of hydrogen-bond acceptors (Lipinski definition) is 6. The topological polar surface area (TPSA) is 119 Å². The van der Waals surface area contributed by atoms with Gasteiger partial charge in [0, 0.05) is 36.2 Å². The molecule has 1 amide bonds. The number of H-pyrrole nitrogens is 1. The van der Waals surface area contributed by atoms with E-state index in [4.69, 9.17) is 17.3 Å². The van der Waals surface area contributed by atoms with Crippen LogP contribution in [0.5, 0.6) is 0 Å². The average Bonchev–Trinajstić information content (AvgIpc) is 3.26. The Morgan fingerprint density at radius 3 is 2.76 bits per heavy atom. The van der Waals surface area contributed by atoms with Crippen LogP contribution in [0.2, 0.25) is 5.02 Å². The van der Waals surface area contributed by atoms with Crippen LogP contribution in [-0.2, 0) is 11.3 Å². The van der Waals surface area contributed by atoms with E-state index in [1.807, 2.05) is 30.5 Å². The number of aromatic amines is 1. The summed E-state index contributed by atoms with van der Waals surface area (Å²) in [5, 5.41) is 1.20. The first-order chi connectivity index (χ1) is 15.9. The Morgan fingerprint density at radius 1 is 1.27 bits per heavy atom. The van der Waals surface area contributed by atoms with Gasteiger partial charge in [0.05, 0.1) is 5.75 Å². The molecule has 0 aliphatic carbocycles. The van der Waals surface area contributed by atoms with E-state index in [0.717, 1.165) is 12.1 Å². The summed E-state index contributed by atoms with van der Waals surface area (Å²) in [5.74, 6) is -0.263. The molecule has 0 saturated carbocycles. The summed E-state index contributed by atoms with van der Waals surface area (Å²) in [5.41, 5.74) is 5.79. The zero-order valence-corrected chi connectivity index (χ0v) is 20.2. The predicted octanol–water partition coefficient (Wildman–Crippen LogP) is 3.29. The number of aromatic nitrogens is 4. The first kappa shape index (κ1) is 24.7. The molecule has 0 spiro atoms. The van der Waals surface area contributed by atoms with Crippen molar-refractivity contribution in [3.05, 3.63) is 62.5 Å². The second-order valence-corrected chi connectivity index (χ2v) is 8.77. The minimum absolute atomic E-state index is 0.000445. The number of carbonyl (C=O) groups excluding carboxylic acids is 1. The molecule has 1 aromatic carbocycles. The van der Waals surface area contributed by atoms with Gasteiger partial charge < -0.3 is 10.6 Å². The molecule has 3 aromatic rings. The maximum Gasteiger partial charge on any atom is 0.330 e. The molecule has 176 valence electrons. The van der Waals surface area contributed by atoms with Gasteiger partial charge in [0.2, 0.25) is 5.91 Å². The molecule has 33 heavy (non-hydrogen) atoms. The van der Waals surface area contributed by atoms with Crippen LogP contribution in [0.15, 0.2) is 51.4 Å². The third-order valence-electron chi connectivity index (χ3n) is 4.99. The molecule has 0 unspecified atom stereocenters. The second-order valence-electron chi connectivity index (χ2n) is 7.39. The summed E-state index contributed by atoms with van der Waals surface area (Å²) in [4.78, 5) is 46.1. The molecule has 3 rings (SSSR count). The summed E-state index contributed by atoms with van der Waals surface area (Å²) < 4.78 is 3.13. The summed E-state index contributed by atoms with van der Waals surface area (Å²) in [6.07, 6.45) is 5.59. The number of anilines is 2. The molecule has 2 heterocycles. The lowest BCUT2D eigenvalue weighted by molar-refractivity contribution is -0.116. The van der Waals surface area contributed by atoms with Gasteiger partial charge in [-0.3, -0.25) is 23.7 Å². The highest BCUT2D eigenvalue weighted by molar-refractivity contribution is 7.99. The third kappa shape index (κ3) is 5.69. The zero-order chi connectivity index (χ0) is 24.0. The minimum atomic E-state index is -0.667. The fourth-order valence-electron chi connectivity index (χ4n) is 3.38. The van der Waals surface area contributed by atoms with Crippen molar-refractivity contribution in [1.82, 2.24) is 19.1 Å². The maximum atomic E-state index is 13.3. The molecule has 2 aromatic heterocycles. The van der Waals surface area contributed by atoms with E-state index < -0.39 is 11.2 Å². The van der Waals surface area contributed by atoms with Gasteiger partial charge in [-0.15, -0.1) is 0 Å². The highest BCUT2D eigenvalue weighted by Crippen LogP contribution is 2.24. The number of unbranched alkanes of at least 4 members (excludes halogenated alkanes) is 1. The van der Waals surface area contributed by atoms with E-state index in [1.165, 1.54) is 21.2 Å². The number of thioether (sulfide) groups is 1. The van der Waals surface area contributed by atoms with Crippen LogP contribution in [0.4, 0.5) is 11.5 Å². The van der Waals surface area contributed by atoms with Crippen molar-refractivity contribution in [1.29, 1.82) is 0 Å². The molecular formula is C22H27ClN6O3S. The maximum absolute atomic E-state index is 13.3. The quantitative estimate of drug-likeness (QED) is 0.421. The Bertz CT molecular complexity index is 1240. The van der Waals surface area contributed by atoms with Crippen molar-refractivity contribution in [2.75, 3.05) is 22.9 Å². The minimum Gasteiger partial charge on any atom is -0.383 e. The van der Waals surface area contributed by atoms with Gasteiger partial charge in [-0.05, 0) is 31.0 Å². The number of amides is 1. The molecule has 0 aliphatic heterocycles. The standard InChI is InChI=1S/C22H27ClN6O3S/c1-3-5-11-28(18-19(24)29(10-4-2)21(32)26-20(18)31)17(30)14-33-22-25-9-12-27(22)16-8-6-7-15(23)13-16/h6-9,12-13H,3-5,10-11,14,24H2,1-2H3,(H,26,31,32). The number of rotatable bonds is 10. The van der Waals surface area contributed by atoms with Crippen LogP contribution in [0, 0.1) is 0 Å². The highest BCUT2D eigenvalue weighted by Gasteiger charge is 2.24. The summed E-state index contributed by atoms with van der Waals surface area (Å²) in [6, 6.07) is 7.32. The lowest BCUT2D eigenvalue weighted by Crippen LogP contribution is -2.42. The zero-order valence-electron chi connectivity index (χ0n) is 18.6. The van der Waals surface area contributed by atoms with E-state index in [2.05, 4.69) is 9.97 Å². The van der Waals surface area contributed by atoms with Gasteiger partial charge >= 0.3 is 5.69 Å². The van der Waals surface area contributed by atoms with Crippen LogP contribution in [0.25, 0.3) is 5.69 Å². The van der Waals surface area contributed by atoms with Crippen molar-refractivity contribution >= 4 is 40.8 Å². The fourth-order valence-corrected chi connectivity index (χ4v) is 4.42. The first-order valence-corrected chi connectivity index (χ1v) is 12.1. The van der Waals surface area contributed by atoms with Crippen molar-refractivity contribution in [2.24, 2.45) is 0 Å². The molecule has 3 N–H and O–H groups in total. The van der Waals surface area contributed by atoms with Crippen LogP contribution < -0.4 is 21.9 Å². The lowest BCUT2D eigenvalue weighted by atomic mass is 10.2. The lowest BCUT2D eigenvalue weighted by Gasteiger charge is -2.24. The van der Waals surface area contributed by atoms with E-state index in [1.54, 1.807) is 24.5 Å². The van der Waals surface area contributed by atoms with Crippen molar-refractivity contribution < 1.29 is 4.79 Å². The fraction of sp³-hybridized carbons (Fsp3) is 0.364. The van der Waals surface area contributed by atoms with Crippen LogP contribution in [-0.4, -0.2) is 37.3 Å². The molecule has 0 aliphatic rings. The number of nitrogens with zero attached hydrogens (tertiary/aromatic N) is 4. The van der Waals surface area contributed by atoms with Crippen LogP contribution >= 0.6 is 23.4 Å². The molecule has 11 heteroatoms. The monoisotopic (exact) mass is 490 g/mol. The van der Waals surface area contributed by atoms with Gasteiger partial charge in [0.25, 0.3) is 5.56 Å². The summed E-state index contributed by atoms with van der Waals surface area (Å²) in [7, 11) is 0. The summed E-state index contributed by atoms with van der Waals surface area (Å²) in [6.45, 7) is 4.55. The summed E-state index contributed by atoms with van der Waals surface area (Å²) >= 11 is 7.35. The number of imidazole rings is 1. The van der Waals surface area contributed by atoms with E-state index in [0.29, 0.717) is 36.1 Å². The first-order valence-electron chi connectivity index (χ1n) is 10.7. The number of benzene rings is 1. The van der Waals surface area contributed by atoms with Crippen LogP contribution in [0.3, 0.4) is 0 Å². The number of nitrogen functional groups attached to an aromatic ring is 1. The number of carbonyl (C=O) groups is 1. The SMILES string of the molecule is CCCCN(C(=O)CSc1nccn1-c1cccc(Cl)c1)c1c(N)n(CCC)c(=O)[nH]c1=O. The Hall–Kier alpha value is -2.98. The number of nitrogens with two attached hydrogens (primary N) is 1. The van der Waals surface area contributed by atoms with Crippen molar-refractivity contribution in [2.45, 2.75) is 44.8 Å². The number of hydrogen-bond donors (Lipinski definition) is 2. The molecule has 9 nitrogen and oxygen atoms in total. The average molecular weight is 491 g/mol. The van der Waals surface area contributed by atoms with Crippen molar-refractivity contribution in [3.63, 3.8) is 0 Å². The van der Waals surface area contributed by atoms with E-state index in [-0.39, 0.29) is 23.2 Å². The highest BCUT2D eigenvalue weighted by atomic mass is 35.5. The Balaban J connectivity index is 1.88. The molecule has 0 atom stereocenters. The van der Waals surface area contributed by atoms with Crippen molar-refractivity contribution in [3.8, 4) is 5.69 Å².